The number of alkyl halides is 3. The van der Waals surface area contributed by atoms with Gasteiger partial charge in [-0.15, -0.1) is 0 Å². The Bertz CT molecular complexity index is 775. The molecule has 22 heavy (non-hydrogen) atoms. The number of imidazole rings is 1. The van der Waals surface area contributed by atoms with Crippen LogP contribution >= 0.6 is 0 Å². The van der Waals surface area contributed by atoms with E-state index in [2.05, 4.69) is 4.98 Å². The van der Waals surface area contributed by atoms with Crippen LogP contribution in [0.1, 0.15) is 17.1 Å². The third kappa shape index (κ3) is 2.71. The molecule has 0 saturated heterocycles. The molecule has 116 valence electrons. The highest BCUT2D eigenvalue weighted by molar-refractivity contribution is 5.77. The summed E-state index contributed by atoms with van der Waals surface area (Å²) in [5.41, 5.74) is 5.80. The number of hydrogen-bond donors (Lipinski definition) is 1. The number of furan rings is 1. The lowest BCUT2D eigenvalue weighted by Crippen LogP contribution is -2.10. The first-order valence-electron chi connectivity index (χ1n) is 6.78. The molecule has 0 bridgehead atoms. The number of rotatable bonds is 4. The van der Waals surface area contributed by atoms with Gasteiger partial charge in [-0.05, 0) is 36.9 Å². The first-order chi connectivity index (χ1) is 10.5. The smallest absolute Gasteiger partial charge is 0.416 e. The van der Waals surface area contributed by atoms with Gasteiger partial charge in [-0.25, -0.2) is 4.98 Å². The van der Waals surface area contributed by atoms with E-state index in [1.807, 2.05) is 10.6 Å². The number of aromatic nitrogens is 2. The minimum Gasteiger partial charge on any atom is -0.467 e. The molecule has 0 aliphatic heterocycles. The Kier molecular flexibility index (Phi) is 3.66. The normalized spacial score (nSPS) is 12.2. The minimum absolute atomic E-state index is 0.310. The molecule has 3 aromatic rings. The molecule has 0 atom stereocenters. The number of benzene rings is 1. The van der Waals surface area contributed by atoms with Crippen LogP contribution in [-0.4, -0.2) is 16.1 Å². The Morgan fingerprint density at radius 3 is 2.68 bits per heavy atom. The van der Waals surface area contributed by atoms with Crippen LogP contribution in [-0.2, 0) is 19.1 Å². The monoisotopic (exact) mass is 309 g/mol. The van der Waals surface area contributed by atoms with Crippen molar-refractivity contribution in [1.29, 1.82) is 0 Å². The van der Waals surface area contributed by atoms with Gasteiger partial charge in [-0.3, -0.25) is 0 Å². The first-order valence-corrected chi connectivity index (χ1v) is 6.78. The van der Waals surface area contributed by atoms with Crippen LogP contribution in [0.3, 0.4) is 0 Å². The van der Waals surface area contributed by atoms with Gasteiger partial charge in [0.05, 0.1) is 29.4 Å². The summed E-state index contributed by atoms with van der Waals surface area (Å²) in [6.07, 6.45) is -2.34. The van der Waals surface area contributed by atoms with Gasteiger partial charge < -0.3 is 14.7 Å². The summed E-state index contributed by atoms with van der Waals surface area (Å²) in [7, 11) is 0. The standard InChI is InChI=1S/C15H14F3N3O/c16-15(17,18)10-3-4-13-12(8-10)20-14(5-6-19)21(13)9-11-2-1-7-22-11/h1-4,7-8H,5-6,9,19H2. The van der Waals surface area contributed by atoms with Crippen molar-refractivity contribution in [2.75, 3.05) is 6.54 Å². The lowest BCUT2D eigenvalue weighted by Gasteiger charge is -2.08. The fraction of sp³-hybridized carbons (Fsp3) is 0.267. The SMILES string of the molecule is NCCc1nc2cc(C(F)(F)F)ccc2n1Cc1ccco1. The van der Waals surface area contributed by atoms with Gasteiger partial charge in [0.2, 0.25) is 0 Å². The molecule has 7 heteroatoms. The van der Waals surface area contributed by atoms with Crippen molar-refractivity contribution >= 4 is 11.0 Å². The van der Waals surface area contributed by atoms with Crippen molar-refractivity contribution in [3.8, 4) is 0 Å². The van der Waals surface area contributed by atoms with Gasteiger partial charge in [-0.1, -0.05) is 0 Å². The van der Waals surface area contributed by atoms with Gasteiger partial charge in [0, 0.05) is 6.42 Å². The molecule has 0 aliphatic carbocycles. The van der Waals surface area contributed by atoms with Crippen LogP contribution < -0.4 is 5.73 Å². The van der Waals surface area contributed by atoms with Gasteiger partial charge in [-0.2, -0.15) is 13.2 Å². The zero-order valence-corrected chi connectivity index (χ0v) is 11.6. The molecular weight excluding hydrogens is 295 g/mol. The lowest BCUT2D eigenvalue weighted by atomic mass is 10.2. The van der Waals surface area contributed by atoms with E-state index in [-0.39, 0.29) is 0 Å². The van der Waals surface area contributed by atoms with Crippen LogP contribution in [0.15, 0.2) is 41.0 Å². The highest BCUT2D eigenvalue weighted by Crippen LogP contribution is 2.31. The number of fused-ring (bicyclic) bond motifs is 1. The molecule has 2 heterocycles. The molecule has 4 nitrogen and oxygen atoms in total. The summed E-state index contributed by atoms with van der Waals surface area (Å²) in [5, 5.41) is 0. The molecule has 2 aromatic heterocycles. The van der Waals surface area contributed by atoms with Gasteiger partial charge >= 0.3 is 6.18 Å². The van der Waals surface area contributed by atoms with E-state index < -0.39 is 11.7 Å². The van der Waals surface area contributed by atoms with Crippen molar-refractivity contribution in [1.82, 2.24) is 9.55 Å². The predicted molar refractivity (Wildman–Crippen MR) is 75.3 cm³/mol. The van der Waals surface area contributed by atoms with E-state index in [4.69, 9.17) is 10.2 Å². The Hall–Kier alpha value is -2.28. The fourth-order valence-corrected chi connectivity index (χ4v) is 2.41. The summed E-state index contributed by atoms with van der Waals surface area (Å²) < 4.78 is 45.6. The van der Waals surface area contributed by atoms with Crippen molar-refractivity contribution < 1.29 is 17.6 Å². The van der Waals surface area contributed by atoms with Crippen LogP contribution in [0.2, 0.25) is 0 Å². The topological polar surface area (TPSA) is 57.0 Å². The average molecular weight is 309 g/mol. The number of nitrogens with two attached hydrogens (primary N) is 1. The second-order valence-electron chi connectivity index (χ2n) is 4.93. The van der Waals surface area contributed by atoms with Crippen molar-refractivity contribution in [2.24, 2.45) is 5.73 Å². The summed E-state index contributed by atoms with van der Waals surface area (Å²) in [5.74, 6) is 1.35. The fourth-order valence-electron chi connectivity index (χ4n) is 2.41. The molecule has 0 amide bonds. The Morgan fingerprint density at radius 2 is 2.05 bits per heavy atom. The zero-order chi connectivity index (χ0) is 15.7. The van der Waals surface area contributed by atoms with Gasteiger partial charge in [0.25, 0.3) is 0 Å². The Labute approximate surface area is 124 Å². The van der Waals surface area contributed by atoms with Crippen LogP contribution in [0.5, 0.6) is 0 Å². The van der Waals surface area contributed by atoms with E-state index in [1.54, 1.807) is 12.3 Å². The molecule has 1 aromatic carbocycles. The Morgan fingerprint density at radius 1 is 1.23 bits per heavy atom. The number of hydrogen-bond acceptors (Lipinski definition) is 3. The maximum atomic E-state index is 12.8. The van der Waals surface area contributed by atoms with Crippen LogP contribution in [0, 0.1) is 0 Å². The molecule has 0 fully saturated rings. The summed E-state index contributed by atoms with van der Waals surface area (Å²) in [6.45, 7) is 0.776. The molecule has 3 rings (SSSR count). The quantitative estimate of drug-likeness (QED) is 0.805. The number of halogens is 3. The maximum absolute atomic E-state index is 12.8. The third-order valence-electron chi connectivity index (χ3n) is 3.42. The van der Waals surface area contributed by atoms with E-state index in [0.29, 0.717) is 42.1 Å². The first kappa shape index (κ1) is 14.6. The van der Waals surface area contributed by atoms with Crippen molar-refractivity contribution in [3.05, 3.63) is 53.7 Å². The van der Waals surface area contributed by atoms with Gasteiger partial charge in [0.1, 0.15) is 11.6 Å². The number of nitrogens with zero attached hydrogens (tertiary/aromatic N) is 2. The van der Waals surface area contributed by atoms with Gasteiger partial charge in [0.15, 0.2) is 0 Å². The summed E-state index contributed by atoms with van der Waals surface area (Å²) in [6, 6.07) is 7.14. The van der Waals surface area contributed by atoms with Crippen molar-refractivity contribution in [2.45, 2.75) is 19.1 Å². The second kappa shape index (κ2) is 5.49. The maximum Gasteiger partial charge on any atom is 0.416 e. The van der Waals surface area contributed by atoms with E-state index in [1.165, 1.54) is 6.07 Å². The summed E-state index contributed by atoms with van der Waals surface area (Å²) >= 11 is 0. The van der Waals surface area contributed by atoms with Crippen molar-refractivity contribution in [3.63, 3.8) is 0 Å². The van der Waals surface area contributed by atoms with E-state index >= 15 is 0 Å². The summed E-state index contributed by atoms with van der Waals surface area (Å²) in [4.78, 5) is 4.30. The molecule has 2 N–H and O–H groups in total. The zero-order valence-electron chi connectivity index (χ0n) is 11.6. The second-order valence-corrected chi connectivity index (χ2v) is 4.93. The molecule has 0 spiro atoms. The third-order valence-corrected chi connectivity index (χ3v) is 3.42. The lowest BCUT2D eigenvalue weighted by molar-refractivity contribution is -0.137. The molecule has 0 radical (unpaired) electrons. The molecule has 0 unspecified atom stereocenters. The molecular formula is C15H14F3N3O. The molecule has 0 saturated carbocycles. The Balaban J connectivity index is 2.10. The average Bonchev–Trinajstić information content (AvgIpc) is 3.07. The molecule has 0 aliphatic rings. The van der Waals surface area contributed by atoms with E-state index in [0.717, 1.165) is 12.1 Å². The van der Waals surface area contributed by atoms with Crippen LogP contribution in [0.25, 0.3) is 11.0 Å². The van der Waals surface area contributed by atoms with E-state index in [9.17, 15) is 13.2 Å². The predicted octanol–water partition coefficient (Wildman–Crippen LogP) is 3.20. The highest BCUT2D eigenvalue weighted by Gasteiger charge is 2.31. The minimum atomic E-state index is -4.38. The largest absolute Gasteiger partial charge is 0.467 e. The van der Waals surface area contributed by atoms with Crippen LogP contribution in [0.4, 0.5) is 13.2 Å². The highest BCUT2D eigenvalue weighted by atomic mass is 19.4.